The molecule has 4 N–H and O–H groups in total. The SMILES string of the molecule is CC(CC(=O)NN)Sc1nnnn1-c1ccc(O)cc1. The van der Waals surface area contributed by atoms with Gasteiger partial charge in [-0.2, -0.15) is 4.68 Å². The van der Waals surface area contributed by atoms with E-state index in [9.17, 15) is 9.90 Å². The fourth-order valence-electron chi connectivity index (χ4n) is 1.55. The lowest BCUT2D eigenvalue weighted by molar-refractivity contribution is -0.121. The summed E-state index contributed by atoms with van der Waals surface area (Å²) in [7, 11) is 0. The Balaban J connectivity index is 2.12. The van der Waals surface area contributed by atoms with Crippen molar-refractivity contribution in [2.75, 3.05) is 0 Å². The number of carbonyl (C=O) groups excluding carboxylic acids is 1. The van der Waals surface area contributed by atoms with Crippen LogP contribution >= 0.6 is 11.8 Å². The van der Waals surface area contributed by atoms with E-state index in [1.807, 2.05) is 6.92 Å². The zero-order valence-corrected chi connectivity index (χ0v) is 11.5. The second kappa shape index (κ2) is 6.35. The largest absolute Gasteiger partial charge is 0.508 e. The molecule has 1 unspecified atom stereocenters. The lowest BCUT2D eigenvalue weighted by Crippen LogP contribution is -2.31. The monoisotopic (exact) mass is 294 g/mol. The molecule has 106 valence electrons. The predicted molar refractivity (Wildman–Crippen MR) is 73.1 cm³/mol. The van der Waals surface area contributed by atoms with Crippen LogP contribution in [-0.4, -0.2) is 36.5 Å². The summed E-state index contributed by atoms with van der Waals surface area (Å²) in [6, 6.07) is 6.51. The third kappa shape index (κ3) is 3.45. The van der Waals surface area contributed by atoms with Crippen LogP contribution in [0.2, 0.25) is 0 Å². The van der Waals surface area contributed by atoms with E-state index in [0.717, 1.165) is 5.69 Å². The van der Waals surface area contributed by atoms with E-state index in [1.54, 1.807) is 28.9 Å². The number of aromatic hydroxyl groups is 1. The average molecular weight is 294 g/mol. The normalized spacial score (nSPS) is 12.1. The molecule has 1 heterocycles. The summed E-state index contributed by atoms with van der Waals surface area (Å²) in [5.41, 5.74) is 2.82. The number of nitrogens with zero attached hydrogens (tertiary/aromatic N) is 4. The Morgan fingerprint density at radius 3 is 2.85 bits per heavy atom. The molecule has 0 aliphatic heterocycles. The van der Waals surface area contributed by atoms with E-state index in [-0.39, 0.29) is 23.3 Å². The first-order valence-electron chi connectivity index (χ1n) is 5.84. The van der Waals surface area contributed by atoms with Gasteiger partial charge in [0.1, 0.15) is 5.75 Å². The zero-order chi connectivity index (χ0) is 14.5. The topological polar surface area (TPSA) is 119 Å². The molecule has 20 heavy (non-hydrogen) atoms. The first-order chi connectivity index (χ1) is 9.60. The van der Waals surface area contributed by atoms with Gasteiger partial charge in [-0.05, 0) is 34.7 Å². The van der Waals surface area contributed by atoms with Crippen LogP contribution in [0.4, 0.5) is 0 Å². The second-order valence-corrected chi connectivity index (χ2v) is 5.50. The molecule has 8 nitrogen and oxygen atoms in total. The van der Waals surface area contributed by atoms with Gasteiger partial charge in [0.05, 0.1) is 5.69 Å². The molecule has 0 aliphatic rings. The predicted octanol–water partition coefficient (Wildman–Crippen LogP) is 0.229. The highest BCUT2D eigenvalue weighted by atomic mass is 32.2. The summed E-state index contributed by atoms with van der Waals surface area (Å²) in [5, 5.41) is 21.3. The van der Waals surface area contributed by atoms with Crippen molar-refractivity contribution < 1.29 is 9.90 Å². The molecule has 0 saturated heterocycles. The van der Waals surface area contributed by atoms with Crippen molar-refractivity contribution in [2.24, 2.45) is 5.84 Å². The molecule has 0 aliphatic carbocycles. The van der Waals surface area contributed by atoms with Crippen molar-refractivity contribution in [1.29, 1.82) is 0 Å². The maximum atomic E-state index is 11.2. The van der Waals surface area contributed by atoms with Crippen LogP contribution in [0.15, 0.2) is 29.4 Å². The number of benzene rings is 1. The number of hydrogen-bond acceptors (Lipinski definition) is 7. The van der Waals surface area contributed by atoms with Crippen LogP contribution < -0.4 is 11.3 Å². The summed E-state index contributed by atoms with van der Waals surface area (Å²) in [5.74, 6) is 4.98. The summed E-state index contributed by atoms with van der Waals surface area (Å²) < 4.78 is 1.54. The Morgan fingerprint density at radius 1 is 1.50 bits per heavy atom. The number of aromatic nitrogens is 4. The summed E-state index contributed by atoms with van der Waals surface area (Å²) in [4.78, 5) is 11.2. The number of hydrazine groups is 1. The molecule has 1 atom stereocenters. The van der Waals surface area contributed by atoms with E-state index in [0.29, 0.717) is 5.16 Å². The number of nitrogens with one attached hydrogen (secondary N) is 1. The molecular weight excluding hydrogens is 280 g/mol. The van der Waals surface area contributed by atoms with Crippen LogP contribution in [0, 0.1) is 0 Å². The van der Waals surface area contributed by atoms with E-state index in [4.69, 9.17) is 5.84 Å². The van der Waals surface area contributed by atoms with Crippen LogP contribution in [-0.2, 0) is 4.79 Å². The summed E-state index contributed by atoms with van der Waals surface area (Å²) >= 11 is 1.37. The standard InChI is InChI=1S/C11H14N6O2S/c1-7(6-10(19)13-12)20-11-14-15-16-17(11)8-2-4-9(18)5-3-8/h2-5,7,18H,6,12H2,1H3,(H,13,19). The number of tetrazole rings is 1. The third-order valence-electron chi connectivity index (χ3n) is 2.48. The number of phenols is 1. The van der Waals surface area contributed by atoms with Gasteiger partial charge in [-0.15, -0.1) is 5.10 Å². The Bertz CT molecular complexity index is 585. The minimum absolute atomic E-state index is 0.0274. The van der Waals surface area contributed by atoms with E-state index in [2.05, 4.69) is 21.0 Å². The number of amides is 1. The third-order valence-corrected chi connectivity index (χ3v) is 3.51. The minimum atomic E-state index is -0.242. The number of carbonyl (C=O) groups is 1. The number of thioether (sulfide) groups is 1. The molecule has 1 amide bonds. The quantitative estimate of drug-likeness (QED) is 0.312. The van der Waals surface area contributed by atoms with Gasteiger partial charge in [-0.3, -0.25) is 10.2 Å². The van der Waals surface area contributed by atoms with Gasteiger partial charge in [0, 0.05) is 11.7 Å². The molecule has 0 saturated carbocycles. The van der Waals surface area contributed by atoms with E-state index >= 15 is 0 Å². The highest BCUT2D eigenvalue weighted by Gasteiger charge is 2.15. The van der Waals surface area contributed by atoms with Crippen LogP contribution in [0.1, 0.15) is 13.3 Å². The van der Waals surface area contributed by atoms with Crippen LogP contribution in [0.25, 0.3) is 5.69 Å². The molecule has 9 heteroatoms. The molecule has 2 aromatic rings. The van der Waals surface area contributed by atoms with Gasteiger partial charge in [-0.1, -0.05) is 18.7 Å². The van der Waals surface area contributed by atoms with Crippen molar-refractivity contribution in [3.05, 3.63) is 24.3 Å². The Labute approximate surface area is 119 Å². The summed E-state index contributed by atoms with van der Waals surface area (Å²) in [6.07, 6.45) is 0.267. The number of nitrogens with two attached hydrogens (primary N) is 1. The van der Waals surface area contributed by atoms with E-state index < -0.39 is 0 Å². The number of hydrogen-bond donors (Lipinski definition) is 3. The summed E-state index contributed by atoms with van der Waals surface area (Å²) in [6.45, 7) is 1.88. The highest BCUT2D eigenvalue weighted by Crippen LogP contribution is 2.25. The fraction of sp³-hybridized carbons (Fsp3) is 0.273. The maximum Gasteiger partial charge on any atom is 0.234 e. The lowest BCUT2D eigenvalue weighted by Gasteiger charge is -2.09. The molecule has 1 aromatic carbocycles. The minimum Gasteiger partial charge on any atom is -0.508 e. The first-order valence-corrected chi connectivity index (χ1v) is 6.72. The molecule has 0 bridgehead atoms. The van der Waals surface area contributed by atoms with E-state index in [1.165, 1.54) is 11.8 Å². The van der Waals surface area contributed by atoms with Gasteiger partial charge in [0.25, 0.3) is 0 Å². The molecule has 0 radical (unpaired) electrons. The van der Waals surface area contributed by atoms with Crippen molar-refractivity contribution in [3.8, 4) is 11.4 Å². The molecule has 0 fully saturated rings. The lowest BCUT2D eigenvalue weighted by atomic mass is 10.3. The van der Waals surface area contributed by atoms with Gasteiger partial charge < -0.3 is 5.11 Å². The van der Waals surface area contributed by atoms with Crippen molar-refractivity contribution in [2.45, 2.75) is 23.8 Å². The molecule has 0 spiro atoms. The maximum absolute atomic E-state index is 11.2. The van der Waals surface area contributed by atoms with Gasteiger partial charge in [0.2, 0.25) is 11.1 Å². The fourth-order valence-corrected chi connectivity index (χ4v) is 2.47. The van der Waals surface area contributed by atoms with Crippen molar-refractivity contribution in [3.63, 3.8) is 0 Å². The van der Waals surface area contributed by atoms with Crippen molar-refractivity contribution >= 4 is 17.7 Å². The molecule has 2 rings (SSSR count). The average Bonchev–Trinajstić information content (AvgIpc) is 2.87. The van der Waals surface area contributed by atoms with Crippen LogP contribution in [0.5, 0.6) is 5.75 Å². The Morgan fingerprint density at radius 2 is 2.20 bits per heavy atom. The molecule has 1 aromatic heterocycles. The Hall–Kier alpha value is -2.13. The van der Waals surface area contributed by atoms with Crippen LogP contribution in [0.3, 0.4) is 0 Å². The Kier molecular flexibility index (Phi) is 4.53. The first kappa shape index (κ1) is 14.3. The van der Waals surface area contributed by atoms with Gasteiger partial charge in [-0.25, -0.2) is 5.84 Å². The highest BCUT2D eigenvalue weighted by molar-refractivity contribution is 7.99. The van der Waals surface area contributed by atoms with Crippen molar-refractivity contribution in [1.82, 2.24) is 25.6 Å². The van der Waals surface area contributed by atoms with Gasteiger partial charge >= 0.3 is 0 Å². The molecular formula is C11H14N6O2S. The zero-order valence-electron chi connectivity index (χ0n) is 10.7. The second-order valence-electron chi connectivity index (χ2n) is 4.09. The van der Waals surface area contributed by atoms with Gasteiger partial charge in [0.15, 0.2) is 0 Å². The smallest absolute Gasteiger partial charge is 0.234 e. The number of phenolic OH excluding ortho intramolecular Hbond substituents is 1. The number of rotatable bonds is 5.